The maximum atomic E-state index is 13.2. The number of nitro benzene ring substituents is 1. The second kappa shape index (κ2) is 9.64. The molecule has 0 bridgehead atoms. The molecule has 158 valence electrons. The Kier molecular flexibility index (Phi) is 7.73. The molecule has 0 radical (unpaired) electrons. The number of nitrogens with zero attached hydrogens (tertiary/aromatic N) is 3. The van der Waals surface area contributed by atoms with E-state index in [0.717, 1.165) is 13.1 Å². The van der Waals surface area contributed by atoms with E-state index < -0.39 is 21.6 Å². The average Bonchev–Trinajstić information content (AvgIpc) is 2.67. The van der Waals surface area contributed by atoms with Crippen LogP contribution in [0.3, 0.4) is 0 Å². The summed E-state index contributed by atoms with van der Waals surface area (Å²) in [6.07, 6.45) is 0. The normalized spacial score (nSPS) is 18.8. The van der Waals surface area contributed by atoms with Gasteiger partial charge in [0, 0.05) is 35.5 Å². The Labute approximate surface area is 180 Å². The lowest BCUT2D eigenvalue weighted by Crippen LogP contribution is -2.62. The van der Waals surface area contributed by atoms with Crippen LogP contribution < -0.4 is 5.32 Å². The molecule has 1 aliphatic heterocycles. The summed E-state index contributed by atoms with van der Waals surface area (Å²) in [4.78, 5) is 39.8. The maximum Gasteiger partial charge on any atom is 0.269 e. The molecule has 1 aliphatic rings. The zero-order chi connectivity index (χ0) is 21.8. The van der Waals surface area contributed by atoms with Crippen molar-refractivity contribution in [1.82, 2.24) is 15.1 Å². The van der Waals surface area contributed by atoms with Gasteiger partial charge >= 0.3 is 0 Å². The smallest absolute Gasteiger partial charge is 0.269 e. The van der Waals surface area contributed by atoms with Crippen LogP contribution in [0, 0.1) is 10.1 Å². The molecule has 2 amide bonds. The number of amides is 2. The average molecular weight is 439 g/mol. The number of carbonyl (C=O) groups excluding carboxylic acids is 2. The number of hydrogen-bond acceptors (Lipinski definition) is 7. The van der Waals surface area contributed by atoms with Crippen LogP contribution in [0.15, 0.2) is 24.3 Å². The summed E-state index contributed by atoms with van der Waals surface area (Å²) >= 11 is 6.84. The van der Waals surface area contributed by atoms with E-state index in [4.69, 9.17) is 12.2 Å². The van der Waals surface area contributed by atoms with Crippen LogP contribution in [-0.4, -0.2) is 67.8 Å². The van der Waals surface area contributed by atoms with Crippen molar-refractivity contribution in [3.8, 4) is 0 Å². The van der Waals surface area contributed by atoms with Crippen LogP contribution in [0.5, 0.6) is 0 Å². The van der Waals surface area contributed by atoms with Gasteiger partial charge in [-0.3, -0.25) is 24.6 Å². The van der Waals surface area contributed by atoms with Crippen LogP contribution in [0.1, 0.15) is 38.1 Å². The van der Waals surface area contributed by atoms with E-state index in [2.05, 4.69) is 24.1 Å². The zero-order valence-corrected chi connectivity index (χ0v) is 18.6. The summed E-state index contributed by atoms with van der Waals surface area (Å²) in [5.74, 6) is -0.690. The van der Waals surface area contributed by atoms with Crippen molar-refractivity contribution in [1.29, 1.82) is 0 Å². The van der Waals surface area contributed by atoms with Crippen molar-refractivity contribution >= 4 is 45.8 Å². The molecule has 0 saturated carbocycles. The van der Waals surface area contributed by atoms with E-state index in [1.54, 1.807) is 4.90 Å². The Morgan fingerprint density at radius 2 is 1.90 bits per heavy atom. The molecule has 1 atom stereocenters. The summed E-state index contributed by atoms with van der Waals surface area (Å²) in [7, 11) is 0. The molecule has 0 aliphatic carbocycles. The van der Waals surface area contributed by atoms with Gasteiger partial charge in [0.05, 0.1) is 4.92 Å². The Hall–Kier alpha value is -2.04. The van der Waals surface area contributed by atoms with Gasteiger partial charge < -0.3 is 10.2 Å². The van der Waals surface area contributed by atoms with E-state index >= 15 is 0 Å². The third-order valence-corrected chi connectivity index (χ3v) is 6.56. The first kappa shape index (κ1) is 23.2. The van der Waals surface area contributed by atoms with E-state index in [1.165, 1.54) is 36.0 Å². The molecule has 0 spiro atoms. The van der Waals surface area contributed by atoms with Gasteiger partial charge in [-0.2, -0.15) is 0 Å². The first-order valence-corrected chi connectivity index (χ1v) is 10.6. The summed E-state index contributed by atoms with van der Waals surface area (Å²) in [6.45, 7) is 10.8. The molecule has 1 unspecified atom stereocenters. The number of thiocarbonyl (C=S) groups is 1. The third kappa shape index (κ3) is 5.52. The summed E-state index contributed by atoms with van der Waals surface area (Å²) in [5, 5.41) is 13.6. The fourth-order valence-electron chi connectivity index (χ4n) is 3.05. The number of benzene rings is 1. The minimum atomic E-state index is -0.765. The lowest BCUT2D eigenvalue weighted by atomic mass is 10.0. The Bertz CT molecular complexity index is 794. The Balaban J connectivity index is 2.15. The number of carbonyl (C=O) groups is 2. The monoisotopic (exact) mass is 438 g/mol. The van der Waals surface area contributed by atoms with Gasteiger partial charge in [-0.25, -0.2) is 0 Å². The summed E-state index contributed by atoms with van der Waals surface area (Å²) < 4.78 is -0.107. The van der Waals surface area contributed by atoms with Gasteiger partial charge in [0.2, 0.25) is 0 Å². The minimum Gasteiger partial charge on any atom is -0.339 e. The fraction of sp³-hybridized carbons (Fsp3) is 0.526. The summed E-state index contributed by atoms with van der Waals surface area (Å²) in [6, 6.07) is 4.53. The molecule has 1 aromatic carbocycles. The molecule has 1 fully saturated rings. The van der Waals surface area contributed by atoms with Crippen molar-refractivity contribution < 1.29 is 14.5 Å². The number of nitrogens with one attached hydrogen (secondary N) is 1. The zero-order valence-electron chi connectivity index (χ0n) is 17.0. The topological polar surface area (TPSA) is 95.8 Å². The van der Waals surface area contributed by atoms with Crippen molar-refractivity contribution in [2.45, 2.75) is 38.5 Å². The van der Waals surface area contributed by atoms with Crippen LogP contribution in [-0.2, 0) is 4.79 Å². The predicted molar refractivity (Wildman–Crippen MR) is 118 cm³/mol. The lowest BCUT2D eigenvalue weighted by molar-refractivity contribution is -0.384. The SMILES string of the molecule is CCN(CC)CCN1C(=O)C(NC(=O)c2ccc([N+](=O)[O-])cc2)C(C)(C)SC1=S. The highest BCUT2D eigenvalue weighted by molar-refractivity contribution is 8.24. The van der Waals surface area contributed by atoms with Gasteiger partial charge in [0.15, 0.2) is 0 Å². The van der Waals surface area contributed by atoms with E-state index in [9.17, 15) is 19.7 Å². The highest BCUT2D eigenvalue weighted by atomic mass is 32.2. The van der Waals surface area contributed by atoms with Gasteiger partial charge in [-0.1, -0.05) is 37.8 Å². The summed E-state index contributed by atoms with van der Waals surface area (Å²) in [5.41, 5.74) is 0.158. The molecule has 1 N–H and O–H groups in total. The van der Waals surface area contributed by atoms with Gasteiger partial charge in [-0.15, -0.1) is 0 Å². The molecule has 29 heavy (non-hydrogen) atoms. The number of thioether (sulfide) groups is 1. The Morgan fingerprint density at radius 3 is 2.41 bits per heavy atom. The number of nitro groups is 1. The van der Waals surface area contributed by atoms with Crippen LogP contribution in [0.2, 0.25) is 0 Å². The van der Waals surface area contributed by atoms with Crippen molar-refractivity contribution in [2.24, 2.45) is 0 Å². The predicted octanol–water partition coefficient (Wildman–Crippen LogP) is 2.67. The number of non-ortho nitro benzene ring substituents is 1. The number of hydrogen-bond donors (Lipinski definition) is 1. The molecular formula is C19H26N4O4S2. The molecule has 1 saturated heterocycles. The van der Waals surface area contributed by atoms with E-state index in [1.807, 2.05) is 13.8 Å². The standard InChI is InChI=1S/C19H26N4O4S2/c1-5-21(6-2)11-12-22-17(25)15(19(3,4)29-18(22)28)20-16(24)13-7-9-14(10-8-13)23(26)27/h7-10,15H,5-6,11-12H2,1-4H3,(H,20,24). The lowest BCUT2D eigenvalue weighted by Gasteiger charge is -2.43. The molecule has 2 rings (SSSR count). The molecule has 8 nitrogen and oxygen atoms in total. The van der Waals surface area contributed by atoms with E-state index in [-0.39, 0.29) is 17.2 Å². The van der Waals surface area contributed by atoms with Crippen molar-refractivity contribution in [3.05, 3.63) is 39.9 Å². The van der Waals surface area contributed by atoms with Gasteiger partial charge in [0.1, 0.15) is 10.4 Å². The fourth-order valence-corrected chi connectivity index (χ4v) is 4.89. The second-order valence-electron chi connectivity index (χ2n) is 7.20. The van der Waals surface area contributed by atoms with Crippen LogP contribution >= 0.6 is 24.0 Å². The molecular weight excluding hydrogens is 412 g/mol. The van der Waals surface area contributed by atoms with Crippen molar-refractivity contribution in [2.75, 3.05) is 26.2 Å². The quantitative estimate of drug-likeness (QED) is 0.379. The molecule has 10 heteroatoms. The highest BCUT2D eigenvalue weighted by Gasteiger charge is 2.46. The number of likely N-dealkylation sites (N-methyl/N-ethyl adjacent to an activating group) is 1. The molecule has 0 aromatic heterocycles. The Morgan fingerprint density at radius 1 is 1.31 bits per heavy atom. The van der Waals surface area contributed by atoms with E-state index in [0.29, 0.717) is 17.4 Å². The first-order chi connectivity index (χ1) is 13.6. The maximum absolute atomic E-state index is 13.2. The minimum absolute atomic E-state index is 0.0981. The third-order valence-electron chi connectivity index (χ3n) is 4.93. The van der Waals surface area contributed by atoms with Gasteiger partial charge in [-0.05, 0) is 39.1 Å². The second-order valence-corrected chi connectivity index (χ2v) is 9.49. The van der Waals surface area contributed by atoms with Crippen molar-refractivity contribution in [3.63, 3.8) is 0 Å². The van der Waals surface area contributed by atoms with Crippen LogP contribution in [0.25, 0.3) is 0 Å². The molecule has 1 heterocycles. The number of rotatable bonds is 8. The molecule has 1 aromatic rings. The van der Waals surface area contributed by atoms with Crippen LogP contribution in [0.4, 0.5) is 5.69 Å². The first-order valence-electron chi connectivity index (χ1n) is 9.42. The highest BCUT2D eigenvalue weighted by Crippen LogP contribution is 2.36. The largest absolute Gasteiger partial charge is 0.339 e. The van der Waals surface area contributed by atoms with Gasteiger partial charge in [0.25, 0.3) is 17.5 Å².